The third-order valence-electron chi connectivity index (χ3n) is 3.89. The number of benzene rings is 1. The lowest BCUT2D eigenvalue weighted by molar-refractivity contribution is 0.0773. The molecule has 0 aliphatic rings. The molecule has 3 rings (SSSR count). The van der Waals surface area contributed by atoms with Crippen LogP contribution in [-0.4, -0.2) is 45.5 Å². The van der Waals surface area contributed by atoms with Gasteiger partial charge in [0.15, 0.2) is 0 Å². The van der Waals surface area contributed by atoms with Gasteiger partial charge >= 0.3 is 0 Å². The van der Waals surface area contributed by atoms with Crippen molar-refractivity contribution in [3.05, 3.63) is 72.4 Å². The Morgan fingerprint density at radius 1 is 1.24 bits per heavy atom. The van der Waals surface area contributed by atoms with Crippen LogP contribution in [0.3, 0.4) is 0 Å². The molecule has 0 fully saturated rings. The topological polar surface area (TPSA) is 60.2 Å². The normalized spacial score (nSPS) is 10.5. The lowest BCUT2D eigenvalue weighted by Crippen LogP contribution is -2.31. The number of hydrogen-bond donors (Lipinski definition) is 0. The molecule has 0 atom stereocenters. The minimum Gasteiger partial charge on any atom is -0.491 e. The summed E-state index contributed by atoms with van der Waals surface area (Å²) in [6, 6.07) is 11.4. The van der Waals surface area contributed by atoms with Crippen molar-refractivity contribution in [1.82, 2.24) is 19.4 Å². The average Bonchev–Trinajstić information content (AvgIpc) is 3.17. The number of rotatable bonds is 6. The van der Waals surface area contributed by atoms with E-state index < -0.39 is 0 Å². The summed E-state index contributed by atoms with van der Waals surface area (Å²) in [4.78, 5) is 22.4. The highest BCUT2D eigenvalue weighted by molar-refractivity contribution is 5.93. The molecule has 0 radical (unpaired) electrons. The number of amides is 1. The van der Waals surface area contributed by atoms with Gasteiger partial charge in [-0.15, -0.1) is 0 Å². The number of nitrogens with zero attached hydrogens (tertiary/aromatic N) is 4. The highest BCUT2D eigenvalue weighted by Gasteiger charge is 2.12. The summed E-state index contributed by atoms with van der Waals surface area (Å²) in [5.74, 6) is 1.48. The molecule has 0 saturated carbocycles. The summed E-state index contributed by atoms with van der Waals surface area (Å²) < 4.78 is 7.53. The number of aromatic nitrogens is 3. The van der Waals surface area contributed by atoms with Crippen molar-refractivity contribution in [2.24, 2.45) is 0 Å². The van der Waals surface area contributed by atoms with E-state index in [4.69, 9.17) is 4.74 Å². The largest absolute Gasteiger partial charge is 0.491 e. The Morgan fingerprint density at radius 3 is 2.76 bits per heavy atom. The standard InChI is InChI=1S/C19H20N4O2/c1-15-5-3-4-6-17(15)25-12-11-22(2)19(24)16-7-8-18(21-13-16)23-10-9-20-14-23/h3-10,13-14H,11-12H2,1-2H3. The summed E-state index contributed by atoms with van der Waals surface area (Å²) in [5.41, 5.74) is 1.62. The van der Waals surface area contributed by atoms with Crippen molar-refractivity contribution < 1.29 is 9.53 Å². The van der Waals surface area contributed by atoms with Crippen LogP contribution in [0.25, 0.3) is 5.82 Å². The Morgan fingerprint density at radius 2 is 2.08 bits per heavy atom. The summed E-state index contributed by atoms with van der Waals surface area (Å²) in [6.45, 7) is 2.93. The molecule has 0 bridgehead atoms. The van der Waals surface area contributed by atoms with Crippen LogP contribution in [0.15, 0.2) is 61.3 Å². The maximum absolute atomic E-state index is 12.5. The molecule has 0 saturated heterocycles. The van der Waals surface area contributed by atoms with E-state index in [1.807, 2.05) is 31.2 Å². The smallest absolute Gasteiger partial charge is 0.255 e. The SMILES string of the molecule is Cc1ccccc1OCCN(C)C(=O)c1ccc(-n2ccnc2)nc1. The van der Waals surface area contributed by atoms with Crippen LogP contribution in [0.2, 0.25) is 0 Å². The van der Waals surface area contributed by atoms with Gasteiger partial charge in [0.05, 0.1) is 12.1 Å². The third kappa shape index (κ3) is 4.03. The van der Waals surface area contributed by atoms with Crippen LogP contribution in [0.4, 0.5) is 0 Å². The number of ether oxygens (including phenoxy) is 1. The van der Waals surface area contributed by atoms with Gasteiger partial charge in [-0.2, -0.15) is 0 Å². The first-order valence-electron chi connectivity index (χ1n) is 8.03. The molecular weight excluding hydrogens is 316 g/mol. The summed E-state index contributed by atoms with van der Waals surface area (Å²) in [6.07, 6.45) is 6.73. The minimum absolute atomic E-state index is 0.0851. The van der Waals surface area contributed by atoms with E-state index in [0.717, 1.165) is 17.1 Å². The monoisotopic (exact) mass is 336 g/mol. The van der Waals surface area contributed by atoms with Crippen LogP contribution >= 0.6 is 0 Å². The highest BCUT2D eigenvalue weighted by atomic mass is 16.5. The van der Waals surface area contributed by atoms with Crippen molar-refractivity contribution in [2.75, 3.05) is 20.2 Å². The van der Waals surface area contributed by atoms with Crippen LogP contribution in [0.1, 0.15) is 15.9 Å². The molecule has 0 N–H and O–H groups in total. The van der Waals surface area contributed by atoms with Gasteiger partial charge in [-0.25, -0.2) is 9.97 Å². The van der Waals surface area contributed by atoms with E-state index in [-0.39, 0.29) is 5.91 Å². The molecule has 0 aliphatic carbocycles. The number of imidazole rings is 1. The van der Waals surface area contributed by atoms with Crippen LogP contribution in [0.5, 0.6) is 5.75 Å². The number of aryl methyl sites for hydroxylation is 1. The van der Waals surface area contributed by atoms with Crippen LogP contribution in [0, 0.1) is 6.92 Å². The molecule has 1 aromatic carbocycles. The molecule has 3 aromatic rings. The lowest BCUT2D eigenvalue weighted by atomic mass is 10.2. The Labute approximate surface area is 146 Å². The fraction of sp³-hybridized carbons (Fsp3) is 0.211. The number of pyridine rings is 1. The van der Waals surface area contributed by atoms with E-state index in [9.17, 15) is 4.79 Å². The number of hydrogen-bond acceptors (Lipinski definition) is 4. The second-order valence-corrected chi connectivity index (χ2v) is 5.72. The highest BCUT2D eigenvalue weighted by Crippen LogP contribution is 2.16. The molecule has 128 valence electrons. The summed E-state index contributed by atoms with van der Waals surface area (Å²) in [5, 5.41) is 0. The van der Waals surface area contributed by atoms with Gasteiger partial charge in [-0.1, -0.05) is 18.2 Å². The van der Waals surface area contributed by atoms with E-state index >= 15 is 0 Å². The number of para-hydroxylation sites is 1. The first-order valence-corrected chi connectivity index (χ1v) is 8.03. The Kier molecular flexibility index (Phi) is 5.09. The lowest BCUT2D eigenvalue weighted by Gasteiger charge is -2.18. The average molecular weight is 336 g/mol. The van der Waals surface area contributed by atoms with Gasteiger partial charge in [0, 0.05) is 25.6 Å². The molecule has 0 spiro atoms. The zero-order chi connectivity index (χ0) is 17.6. The van der Waals surface area contributed by atoms with Crippen molar-refractivity contribution >= 4 is 5.91 Å². The molecule has 0 unspecified atom stereocenters. The molecule has 6 heteroatoms. The third-order valence-corrected chi connectivity index (χ3v) is 3.89. The van der Waals surface area contributed by atoms with Crippen molar-refractivity contribution in [3.8, 4) is 11.6 Å². The number of carbonyl (C=O) groups excluding carboxylic acids is 1. The predicted octanol–water partition coefficient (Wildman–Crippen LogP) is 2.73. The quantitative estimate of drug-likeness (QED) is 0.694. The molecular formula is C19H20N4O2. The Bertz CT molecular complexity index is 829. The van der Waals surface area contributed by atoms with Gasteiger partial charge in [0.25, 0.3) is 5.91 Å². The summed E-state index contributed by atoms with van der Waals surface area (Å²) in [7, 11) is 1.76. The van der Waals surface area contributed by atoms with Crippen molar-refractivity contribution in [3.63, 3.8) is 0 Å². The fourth-order valence-corrected chi connectivity index (χ4v) is 2.39. The van der Waals surface area contributed by atoms with Crippen molar-refractivity contribution in [1.29, 1.82) is 0 Å². The van der Waals surface area contributed by atoms with E-state index in [0.29, 0.717) is 18.7 Å². The maximum Gasteiger partial charge on any atom is 0.255 e. The van der Waals surface area contributed by atoms with Gasteiger partial charge in [-0.05, 0) is 30.7 Å². The molecule has 2 aromatic heterocycles. The van der Waals surface area contributed by atoms with Crippen molar-refractivity contribution in [2.45, 2.75) is 6.92 Å². The minimum atomic E-state index is -0.0851. The van der Waals surface area contributed by atoms with Crippen LogP contribution in [-0.2, 0) is 0 Å². The molecule has 0 aliphatic heterocycles. The first kappa shape index (κ1) is 16.7. The van der Waals surface area contributed by atoms with Gasteiger partial charge in [0.2, 0.25) is 0 Å². The van der Waals surface area contributed by atoms with Gasteiger partial charge < -0.3 is 9.64 Å². The summed E-state index contributed by atoms with van der Waals surface area (Å²) >= 11 is 0. The molecule has 25 heavy (non-hydrogen) atoms. The van der Waals surface area contributed by atoms with Gasteiger partial charge in [-0.3, -0.25) is 9.36 Å². The predicted molar refractivity (Wildman–Crippen MR) is 95.0 cm³/mol. The zero-order valence-corrected chi connectivity index (χ0v) is 14.3. The van der Waals surface area contributed by atoms with Crippen LogP contribution < -0.4 is 4.74 Å². The fourth-order valence-electron chi connectivity index (χ4n) is 2.39. The molecule has 2 heterocycles. The second-order valence-electron chi connectivity index (χ2n) is 5.72. The molecule has 1 amide bonds. The molecule has 6 nitrogen and oxygen atoms in total. The van der Waals surface area contributed by atoms with Gasteiger partial charge in [0.1, 0.15) is 24.5 Å². The van der Waals surface area contributed by atoms with E-state index in [1.54, 1.807) is 53.6 Å². The van der Waals surface area contributed by atoms with E-state index in [1.165, 1.54) is 0 Å². The second kappa shape index (κ2) is 7.61. The Hall–Kier alpha value is -3.15. The Balaban J connectivity index is 1.56. The zero-order valence-electron chi connectivity index (χ0n) is 14.3. The maximum atomic E-state index is 12.5. The number of likely N-dealkylation sites (N-methyl/N-ethyl adjacent to an activating group) is 1. The van der Waals surface area contributed by atoms with E-state index in [2.05, 4.69) is 9.97 Å². The first-order chi connectivity index (χ1) is 12.1. The number of carbonyl (C=O) groups is 1.